The van der Waals surface area contributed by atoms with Crippen molar-refractivity contribution in [2.24, 2.45) is 5.73 Å². The highest BCUT2D eigenvalue weighted by molar-refractivity contribution is 7.10. The highest BCUT2D eigenvalue weighted by atomic mass is 32.1. The van der Waals surface area contributed by atoms with Gasteiger partial charge in [-0.1, -0.05) is 12.1 Å². The first-order chi connectivity index (χ1) is 8.96. The Bertz CT molecular complexity index is 615. The number of hydrogen-bond acceptors (Lipinski definition) is 3. The molecule has 3 rings (SSSR count). The van der Waals surface area contributed by atoms with Crippen LogP contribution in [0.5, 0.6) is 5.75 Å². The first-order valence-corrected chi connectivity index (χ1v) is 7.46. The van der Waals surface area contributed by atoms with Crippen molar-refractivity contribution in [3.8, 4) is 5.75 Å². The van der Waals surface area contributed by atoms with E-state index in [1.54, 1.807) is 11.3 Å². The summed E-state index contributed by atoms with van der Waals surface area (Å²) in [5, 5.41) is 2.10. The van der Waals surface area contributed by atoms with Gasteiger partial charge in [0.15, 0.2) is 0 Å². The number of hydrogen-bond donors (Lipinski definition) is 1. The molecular formula is C16H19NOS. The van der Waals surface area contributed by atoms with E-state index < -0.39 is 0 Å². The third kappa shape index (κ3) is 2.28. The predicted octanol–water partition coefficient (Wildman–Crippen LogP) is 3.82. The van der Waals surface area contributed by atoms with Gasteiger partial charge in [-0.25, -0.2) is 0 Å². The fourth-order valence-electron chi connectivity index (χ4n) is 2.68. The van der Waals surface area contributed by atoms with E-state index in [1.165, 1.54) is 21.6 Å². The molecule has 100 valence electrons. The van der Waals surface area contributed by atoms with Crippen LogP contribution in [0.2, 0.25) is 0 Å². The summed E-state index contributed by atoms with van der Waals surface area (Å²) < 4.78 is 5.91. The lowest BCUT2D eigenvalue weighted by atomic mass is 9.97. The predicted molar refractivity (Wildman–Crippen MR) is 79.9 cm³/mol. The normalized spacial score (nSPS) is 17.9. The van der Waals surface area contributed by atoms with Gasteiger partial charge >= 0.3 is 0 Å². The number of fused-ring (bicyclic) bond motifs is 1. The van der Waals surface area contributed by atoms with Gasteiger partial charge in [-0.05, 0) is 55.0 Å². The van der Waals surface area contributed by atoms with E-state index in [-0.39, 0.29) is 11.6 Å². The zero-order chi connectivity index (χ0) is 13.6. The first-order valence-electron chi connectivity index (χ1n) is 6.58. The van der Waals surface area contributed by atoms with Gasteiger partial charge in [-0.2, -0.15) is 0 Å². The van der Waals surface area contributed by atoms with Crippen LogP contribution < -0.4 is 10.5 Å². The molecule has 1 aliphatic rings. The lowest BCUT2D eigenvalue weighted by Crippen LogP contribution is -2.24. The Hall–Kier alpha value is -1.32. The number of benzene rings is 1. The molecule has 3 heteroatoms. The zero-order valence-electron chi connectivity index (χ0n) is 11.6. The van der Waals surface area contributed by atoms with Gasteiger partial charge in [0.2, 0.25) is 0 Å². The number of thiophene rings is 1. The van der Waals surface area contributed by atoms with Crippen molar-refractivity contribution in [2.75, 3.05) is 0 Å². The minimum atomic E-state index is -0.0934. The topological polar surface area (TPSA) is 35.2 Å². The van der Waals surface area contributed by atoms with E-state index in [0.29, 0.717) is 0 Å². The summed E-state index contributed by atoms with van der Waals surface area (Å²) in [5.41, 5.74) is 10.0. The van der Waals surface area contributed by atoms with Crippen molar-refractivity contribution in [1.29, 1.82) is 0 Å². The van der Waals surface area contributed by atoms with Crippen molar-refractivity contribution in [3.63, 3.8) is 0 Å². The summed E-state index contributed by atoms with van der Waals surface area (Å²) >= 11 is 1.73. The zero-order valence-corrected chi connectivity index (χ0v) is 12.4. The largest absolute Gasteiger partial charge is 0.487 e. The lowest BCUT2D eigenvalue weighted by molar-refractivity contribution is 0.138. The van der Waals surface area contributed by atoms with Crippen LogP contribution in [0.25, 0.3) is 0 Å². The summed E-state index contributed by atoms with van der Waals surface area (Å²) in [4.78, 5) is 1.25. The van der Waals surface area contributed by atoms with Crippen LogP contribution >= 0.6 is 11.3 Å². The average Bonchev–Trinajstić information content (AvgIpc) is 2.88. The molecule has 0 fully saturated rings. The second kappa shape index (κ2) is 4.36. The third-order valence-electron chi connectivity index (χ3n) is 3.63. The Balaban J connectivity index is 1.94. The van der Waals surface area contributed by atoms with Gasteiger partial charge in [0.1, 0.15) is 11.4 Å². The van der Waals surface area contributed by atoms with Gasteiger partial charge in [0.05, 0.1) is 6.04 Å². The van der Waals surface area contributed by atoms with Crippen LogP contribution in [0.3, 0.4) is 0 Å². The molecule has 2 heterocycles. The second-order valence-electron chi connectivity index (χ2n) is 5.85. The minimum Gasteiger partial charge on any atom is -0.487 e. The van der Waals surface area contributed by atoms with E-state index in [1.807, 2.05) is 0 Å². The van der Waals surface area contributed by atoms with E-state index >= 15 is 0 Å². The van der Waals surface area contributed by atoms with E-state index in [4.69, 9.17) is 10.5 Å². The molecule has 0 saturated heterocycles. The van der Waals surface area contributed by atoms with E-state index in [9.17, 15) is 0 Å². The Labute approximate surface area is 118 Å². The van der Waals surface area contributed by atoms with Gasteiger partial charge < -0.3 is 10.5 Å². The summed E-state index contributed by atoms with van der Waals surface area (Å²) in [7, 11) is 0. The van der Waals surface area contributed by atoms with Crippen LogP contribution in [0, 0.1) is 6.92 Å². The maximum Gasteiger partial charge on any atom is 0.123 e. The quantitative estimate of drug-likeness (QED) is 0.903. The maximum absolute atomic E-state index is 6.39. The van der Waals surface area contributed by atoms with Crippen LogP contribution in [0.15, 0.2) is 29.6 Å². The Morgan fingerprint density at radius 3 is 2.79 bits per heavy atom. The van der Waals surface area contributed by atoms with E-state index in [2.05, 4.69) is 50.4 Å². The van der Waals surface area contributed by atoms with Crippen LogP contribution in [-0.4, -0.2) is 5.60 Å². The molecule has 2 N–H and O–H groups in total. The fourth-order valence-corrected chi connectivity index (χ4v) is 3.63. The molecule has 2 nitrogen and oxygen atoms in total. The van der Waals surface area contributed by atoms with Gasteiger partial charge in [-0.15, -0.1) is 11.3 Å². The molecule has 2 aromatic rings. The smallest absolute Gasteiger partial charge is 0.123 e. The van der Waals surface area contributed by atoms with Crippen molar-refractivity contribution in [3.05, 3.63) is 51.2 Å². The third-order valence-corrected chi connectivity index (χ3v) is 4.73. The summed E-state index contributed by atoms with van der Waals surface area (Å²) in [6, 6.07) is 8.44. The van der Waals surface area contributed by atoms with Crippen LogP contribution in [0.4, 0.5) is 0 Å². The molecule has 1 unspecified atom stereocenters. The molecule has 1 aromatic carbocycles. The van der Waals surface area contributed by atoms with Crippen molar-refractivity contribution >= 4 is 11.3 Å². The molecule has 19 heavy (non-hydrogen) atoms. The first kappa shape index (κ1) is 12.7. The number of ether oxygens (including phenoxy) is 1. The SMILES string of the molecule is Cc1ccsc1C(N)c1ccc2c(c1)CC(C)(C)O2. The molecule has 0 saturated carbocycles. The molecule has 0 radical (unpaired) electrons. The number of rotatable bonds is 2. The average molecular weight is 273 g/mol. The lowest BCUT2D eigenvalue weighted by Gasteiger charge is -2.16. The molecule has 0 amide bonds. The highest BCUT2D eigenvalue weighted by Gasteiger charge is 2.30. The number of aryl methyl sites for hydroxylation is 1. The molecule has 0 spiro atoms. The molecule has 0 aliphatic carbocycles. The molecule has 1 aliphatic heterocycles. The fraction of sp³-hybridized carbons (Fsp3) is 0.375. The molecule has 1 aromatic heterocycles. The molecular weight excluding hydrogens is 254 g/mol. The Morgan fingerprint density at radius 1 is 1.32 bits per heavy atom. The standard InChI is InChI=1S/C16H19NOS/c1-10-6-7-19-15(10)14(17)11-4-5-13-12(8-11)9-16(2,3)18-13/h4-8,14H,9,17H2,1-3H3. The summed E-state index contributed by atoms with van der Waals surface area (Å²) in [6.45, 7) is 6.36. The Morgan fingerprint density at radius 2 is 2.11 bits per heavy atom. The van der Waals surface area contributed by atoms with Crippen molar-refractivity contribution in [1.82, 2.24) is 0 Å². The van der Waals surface area contributed by atoms with Crippen LogP contribution in [0.1, 0.15) is 41.5 Å². The van der Waals surface area contributed by atoms with Gasteiger partial charge in [0, 0.05) is 11.3 Å². The number of nitrogens with two attached hydrogens (primary N) is 1. The van der Waals surface area contributed by atoms with Gasteiger partial charge in [0.25, 0.3) is 0 Å². The maximum atomic E-state index is 6.39. The van der Waals surface area contributed by atoms with Crippen molar-refractivity contribution in [2.45, 2.75) is 38.8 Å². The molecule has 0 bridgehead atoms. The monoisotopic (exact) mass is 273 g/mol. The highest BCUT2D eigenvalue weighted by Crippen LogP contribution is 2.37. The second-order valence-corrected chi connectivity index (χ2v) is 6.80. The summed E-state index contributed by atoms with van der Waals surface area (Å²) in [5.74, 6) is 1.00. The van der Waals surface area contributed by atoms with Crippen LogP contribution in [-0.2, 0) is 6.42 Å². The minimum absolute atomic E-state index is 0.0333. The van der Waals surface area contributed by atoms with Crippen molar-refractivity contribution < 1.29 is 4.74 Å². The van der Waals surface area contributed by atoms with Gasteiger partial charge in [-0.3, -0.25) is 0 Å². The summed E-state index contributed by atoms with van der Waals surface area (Å²) in [6.07, 6.45) is 0.951. The molecule has 1 atom stereocenters. The Kier molecular flexibility index (Phi) is 2.91. The van der Waals surface area contributed by atoms with E-state index in [0.717, 1.165) is 12.2 Å².